The number of nitro benzene ring substituents is 1. The second kappa shape index (κ2) is 15.4. The Bertz CT molecular complexity index is 674. The SMILES string of the molecule is CCCCCCCCCCOC(=O)CCCC(=O)OCc1ccc([N+](=O)[O-])c(C)c1. The monoisotopic (exact) mass is 421 g/mol. The van der Waals surface area contributed by atoms with Gasteiger partial charge in [-0.3, -0.25) is 19.7 Å². The Morgan fingerprint density at radius 3 is 2.10 bits per heavy atom. The van der Waals surface area contributed by atoms with Crippen molar-refractivity contribution in [2.24, 2.45) is 0 Å². The number of hydrogen-bond donors (Lipinski definition) is 0. The van der Waals surface area contributed by atoms with Gasteiger partial charge in [-0.25, -0.2) is 0 Å². The topological polar surface area (TPSA) is 95.7 Å². The van der Waals surface area contributed by atoms with E-state index in [-0.39, 0.29) is 31.1 Å². The van der Waals surface area contributed by atoms with E-state index in [2.05, 4.69) is 6.92 Å². The summed E-state index contributed by atoms with van der Waals surface area (Å²) in [6.07, 6.45) is 10.3. The molecular weight excluding hydrogens is 386 g/mol. The molecule has 0 unspecified atom stereocenters. The third-order valence-corrected chi connectivity index (χ3v) is 4.88. The Kier molecular flexibility index (Phi) is 13.1. The van der Waals surface area contributed by atoms with E-state index in [0.717, 1.165) is 12.8 Å². The van der Waals surface area contributed by atoms with Crippen molar-refractivity contribution in [2.75, 3.05) is 6.61 Å². The van der Waals surface area contributed by atoms with Gasteiger partial charge in [0.1, 0.15) is 6.61 Å². The van der Waals surface area contributed by atoms with Gasteiger partial charge < -0.3 is 9.47 Å². The van der Waals surface area contributed by atoms with Crippen molar-refractivity contribution >= 4 is 17.6 Å². The molecule has 0 radical (unpaired) electrons. The zero-order valence-electron chi connectivity index (χ0n) is 18.3. The predicted molar refractivity (Wildman–Crippen MR) is 115 cm³/mol. The quantitative estimate of drug-likeness (QED) is 0.145. The minimum Gasteiger partial charge on any atom is -0.466 e. The van der Waals surface area contributed by atoms with Crippen LogP contribution in [0.5, 0.6) is 0 Å². The van der Waals surface area contributed by atoms with Gasteiger partial charge >= 0.3 is 11.9 Å². The molecule has 0 atom stereocenters. The van der Waals surface area contributed by atoms with Crippen LogP contribution in [-0.2, 0) is 25.7 Å². The molecule has 0 heterocycles. The van der Waals surface area contributed by atoms with Gasteiger partial charge in [0.15, 0.2) is 0 Å². The number of nitro groups is 1. The number of unbranched alkanes of at least 4 members (excludes halogenated alkanes) is 7. The van der Waals surface area contributed by atoms with Crippen LogP contribution in [0.2, 0.25) is 0 Å². The molecule has 0 aromatic heterocycles. The van der Waals surface area contributed by atoms with E-state index in [1.807, 2.05) is 0 Å². The first-order chi connectivity index (χ1) is 14.4. The highest BCUT2D eigenvalue weighted by Gasteiger charge is 2.12. The Labute approximate surface area is 179 Å². The number of benzene rings is 1. The summed E-state index contributed by atoms with van der Waals surface area (Å²) in [7, 11) is 0. The molecule has 0 aliphatic rings. The number of nitrogens with zero attached hydrogens (tertiary/aromatic N) is 1. The fourth-order valence-electron chi connectivity index (χ4n) is 3.12. The molecule has 0 aliphatic carbocycles. The Morgan fingerprint density at radius 1 is 0.900 bits per heavy atom. The van der Waals surface area contributed by atoms with Crippen LogP contribution < -0.4 is 0 Å². The summed E-state index contributed by atoms with van der Waals surface area (Å²) in [6.45, 7) is 4.35. The van der Waals surface area contributed by atoms with Crippen LogP contribution in [0.4, 0.5) is 5.69 Å². The van der Waals surface area contributed by atoms with E-state index in [1.165, 1.54) is 44.6 Å². The molecule has 0 fully saturated rings. The summed E-state index contributed by atoms with van der Waals surface area (Å²) < 4.78 is 10.4. The van der Waals surface area contributed by atoms with Crippen molar-refractivity contribution in [1.82, 2.24) is 0 Å². The molecular formula is C23H35NO6. The largest absolute Gasteiger partial charge is 0.466 e. The molecule has 1 aromatic rings. The van der Waals surface area contributed by atoms with Gasteiger partial charge in [0.2, 0.25) is 0 Å². The summed E-state index contributed by atoms with van der Waals surface area (Å²) in [5.74, 6) is -0.682. The molecule has 168 valence electrons. The predicted octanol–water partition coefficient (Wildman–Crippen LogP) is 5.80. The summed E-state index contributed by atoms with van der Waals surface area (Å²) in [4.78, 5) is 33.9. The highest BCUT2D eigenvalue weighted by atomic mass is 16.6. The van der Waals surface area contributed by atoms with Crippen molar-refractivity contribution in [3.8, 4) is 0 Å². The number of ether oxygens (including phenoxy) is 2. The normalized spacial score (nSPS) is 10.6. The summed E-state index contributed by atoms with van der Waals surface area (Å²) >= 11 is 0. The average Bonchev–Trinajstić information content (AvgIpc) is 2.70. The highest BCUT2D eigenvalue weighted by Crippen LogP contribution is 2.19. The minimum atomic E-state index is -0.446. The summed E-state index contributed by atoms with van der Waals surface area (Å²) in [5.41, 5.74) is 1.25. The van der Waals surface area contributed by atoms with E-state index in [1.54, 1.807) is 19.1 Å². The maximum atomic E-state index is 11.8. The molecule has 0 N–H and O–H groups in total. The molecule has 30 heavy (non-hydrogen) atoms. The Balaban J connectivity index is 2.06. The molecule has 1 aromatic carbocycles. The van der Waals surface area contributed by atoms with Crippen LogP contribution in [0, 0.1) is 17.0 Å². The van der Waals surface area contributed by atoms with E-state index in [9.17, 15) is 19.7 Å². The van der Waals surface area contributed by atoms with Gasteiger partial charge in [0.25, 0.3) is 5.69 Å². The van der Waals surface area contributed by atoms with Crippen LogP contribution in [0.3, 0.4) is 0 Å². The zero-order valence-corrected chi connectivity index (χ0v) is 18.3. The van der Waals surface area contributed by atoms with Crippen molar-refractivity contribution in [2.45, 2.75) is 91.1 Å². The van der Waals surface area contributed by atoms with Crippen LogP contribution >= 0.6 is 0 Å². The van der Waals surface area contributed by atoms with Crippen LogP contribution in [-0.4, -0.2) is 23.5 Å². The number of esters is 2. The fourth-order valence-corrected chi connectivity index (χ4v) is 3.12. The molecule has 7 heteroatoms. The maximum absolute atomic E-state index is 11.8. The lowest BCUT2D eigenvalue weighted by atomic mass is 10.1. The van der Waals surface area contributed by atoms with Crippen molar-refractivity contribution < 1.29 is 24.0 Å². The summed E-state index contributed by atoms with van der Waals surface area (Å²) in [5, 5.41) is 10.8. The highest BCUT2D eigenvalue weighted by molar-refractivity contribution is 5.72. The molecule has 0 bridgehead atoms. The molecule has 7 nitrogen and oxygen atoms in total. The van der Waals surface area contributed by atoms with Crippen LogP contribution in [0.1, 0.15) is 88.7 Å². The first-order valence-electron chi connectivity index (χ1n) is 11.0. The molecule has 0 saturated carbocycles. The van der Waals surface area contributed by atoms with Gasteiger partial charge in [-0.15, -0.1) is 0 Å². The number of carbonyl (C=O) groups is 2. The minimum absolute atomic E-state index is 0.0376. The van der Waals surface area contributed by atoms with Crippen LogP contribution in [0.15, 0.2) is 18.2 Å². The Morgan fingerprint density at radius 2 is 1.50 bits per heavy atom. The van der Waals surface area contributed by atoms with Gasteiger partial charge in [0.05, 0.1) is 11.5 Å². The second-order valence-electron chi connectivity index (χ2n) is 7.59. The van der Waals surface area contributed by atoms with E-state index in [0.29, 0.717) is 24.2 Å². The van der Waals surface area contributed by atoms with E-state index < -0.39 is 10.9 Å². The molecule has 0 spiro atoms. The first kappa shape index (κ1) is 25.6. The fraction of sp³-hybridized carbons (Fsp3) is 0.652. The Hall–Kier alpha value is -2.44. The van der Waals surface area contributed by atoms with Crippen molar-refractivity contribution in [3.05, 3.63) is 39.4 Å². The second-order valence-corrected chi connectivity index (χ2v) is 7.59. The first-order valence-corrected chi connectivity index (χ1v) is 11.0. The summed E-state index contributed by atoms with van der Waals surface area (Å²) in [6, 6.07) is 4.61. The van der Waals surface area contributed by atoms with Crippen molar-refractivity contribution in [1.29, 1.82) is 0 Å². The zero-order chi connectivity index (χ0) is 22.2. The molecule has 0 amide bonds. The lowest BCUT2D eigenvalue weighted by Gasteiger charge is -2.07. The third-order valence-electron chi connectivity index (χ3n) is 4.88. The van der Waals surface area contributed by atoms with E-state index >= 15 is 0 Å². The lowest BCUT2D eigenvalue weighted by Crippen LogP contribution is -2.09. The van der Waals surface area contributed by atoms with Gasteiger partial charge in [0, 0.05) is 24.5 Å². The van der Waals surface area contributed by atoms with Gasteiger partial charge in [-0.1, -0.05) is 51.9 Å². The molecule has 0 saturated heterocycles. The number of rotatable bonds is 16. The number of hydrogen-bond acceptors (Lipinski definition) is 6. The number of aryl methyl sites for hydroxylation is 1. The lowest BCUT2D eigenvalue weighted by molar-refractivity contribution is -0.385. The number of carbonyl (C=O) groups excluding carboxylic acids is 2. The van der Waals surface area contributed by atoms with E-state index in [4.69, 9.17) is 9.47 Å². The standard InChI is InChI=1S/C23H35NO6/c1-3-4-5-6-7-8-9-10-16-29-22(25)12-11-13-23(26)30-18-20-14-15-21(24(27)28)19(2)17-20/h14-15,17H,3-13,16,18H2,1-2H3. The van der Waals surface area contributed by atoms with Gasteiger partial charge in [-0.05, 0) is 37.5 Å². The average molecular weight is 422 g/mol. The maximum Gasteiger partial charge on any atom is 0.306 e. The van der Waals surface area contributed by atoms with Crippen LogP contribution in [0.25, 0.3) is 0 Å². The van der Waals surface area contributed by atoms with Crippen molar-refractivity contribution in [3.63, 3.8) is 0 Å². The van der Waals surface area contributed by atoms with Gasteiger partial charge in [-0.2, -0.15) is 0 Å². The molecule has 1 rings (SSSR count). The third kappa shape index (κ3) is 11.5. The molecule has 0 aliphatic heterocycles. The smallest absolute Gasteiger partial charge is 0.306 e.